The monoisotopic (exact) mass is 246 g/mol. The van der Waals surface area contributed by atoms with Gasteiger partial charge in [-0.05, 0) is 30.2 Å². The lowest BCUT2D eigenvalue weighted by atomic mass is 10.0. The fourth-order valence-corrected chi connectivity index (χ4v) is 2.27. The van der Waals surface area contributed by atoms with Crippen LogP contribution in [0.5, 0.6) is 0 Å². The van der Waals surface area contributed by atoms with E-state index in [1.54, 1.807) is 0 Å². The number of nitrogens with zero attached hydrogens (tertiary/aromatic N) is 1. The van der Waals surface area contributed by atoms with E-state index in [4.69, 9.17) is 0 Å². The van der Waals surface area contributed by atoms with Crippen molar-refractivity contribution in [3.63, 3.8) is 0 Å². The molecule has 1 saturated heterocycles. The molecule has 98 valence electrons. The van der Waals surface area contributed by atoms with Gasteiger partial charge in [-0.1, -0.05) is 13.8 Å². The van der Waals surface area contributed by atoms with E-state index in [0.717, 1.165) is 31.7 Å². The standard InChI is InChI=1S/C15H22N2O/c1-12(2)11-15(18)13-3-5-14(6-4-13)17-9-7-16-8-10-17/h3-6,12,16H,7-11H2,1-2H3. The van der Waals surface area contributed by atoms with Crippen molar-refractivity contribution in [3.05, 3.63) is 29.8 Å². The van der Waals surface area contributed by atoms with Gasteiger partial charge in [-0.3, -0.25) is 4.79 Å². The Morgan fingerprint density at radius 2 is 1.83 bits per heavy atom. The van der Waals surface area contributed by atoms with Gasteiger partial charge in [0.15, 0.2) is 5.78 Å². The fourth-order valence-electron chi connectivity index (χ4n) is 2.27. The van der Waals surface area contributed by atoms with Gasteiger partial charge < -0.3 is 10.2 Å². The first-order valence-electron chi connectivity index (χ1n) is 6.76. The van der Waals surface area contributed by atoms with Crippen molar-refractivity contribution in [2.24, 2.45) is 5.92 Å². The molecule has 0 bridgehead atoms. The first-order valence-corrected chi connectivity index (χ1v) is 6.76. The highest BCUT2D eigenvalue weighted by molar-refractivity contribution is 5.96. The molecule has 0 saturated carbocycles. The minimum atomic E-state index is 0.247. The van der Waals surface area contributed by atoms with Crippen LogP contribution in [0.4, 0.5) is 5.69 Å². The number of nitrogens with one attached hydrogen (secondary N) is 1. The fraction of sp³-hybridized carbons (Fsp3) is 0.533. The maximum absolute atomic E-state index is 11.9. The van der Waals surface area contributed by atoms with Crippen LogP contribution >= 0.6 is 0 Å². The average Bonchev–Trinajstić information content (AvgIpc) is 2.39. The average molecular weight is 246 g/mol. The van der Waals surface area contributed by atoms with Gasteiger partial charge in [-0.2, -0.15) is 0 Å². The number of carbonyl (C=O) groups is 1. The number of rotatable bonds is 4. The van der Waals surface area contributed by atoms with Crippen molar-refractivity contribution in [2.75, 3.05) is 31.1 Å². The van der Waals surface area contributed by atoms with Crippen LogP contribution in [0.1, 0.15) is 30.6 Å². The van der Waals surface area contributed by atoms with Crippen molar-refractivity contribution < 1.29 is 4.79 Å². The number of carbonyl (C=O) groups excluding carboxylic acids is 1. The van der Waals surface area contributed by atoms with E-state index in [1.165, 1.54) is 5.69 Å². The summed E-state index contributed by atoms with van der Waals surface area (Å²) in [4.78, 5) is 14.3. The minimum absolute atomic E-state index is 0.247. The third-order valence-corrected chi connectivity index (χ3v) is 3.27. The molecule has 3 nitrogen and oxygen atoms in total. The van der Waals surface area contributed by atoms with Crippen LogP contribution in [0.15, 0.2) is 24.3 Å². The molecule has 0 aliphatic carbocycles. The number of hydrogen-bond acceptors (Lipinski definition) is 3. The lowest BCUT2D eigenvalue weighted by Crippen LogP contribution is -2.43. The smallest absolute Gasteiger partial charge is 0.163 e. The van der Waals surface area contributed by atoms with Gasteiger partial charge in [-0.15, -0.1) is 0 Å². The number of hydrogen-bond donors (Lipinski definition) is 1. The zero-order valence-corrected chi connectivity index (χ0v) is 11.3. The van der Waals surface area contributed by atoms with Crippen LogP contribution in [0.2, 0.25) is 0 Å². The van der Waals surface area contributed by atoms with Crippen LogP contribution in [0.25, 0.3) is 0 Å². The highest BCUT2D eigenvalue weighted by Crippen LogP contribution is 2.17. The number of anilines is 1. The van der Waals surface area contributed by atoms with Gasteiger partial charge in [0.1, 0.15) is 0 Å². The summed E-state index contributed by atoms with van der Waals surface area (Å²) in [6, 6.07) is 8.06. The van der Waals surface area contributed by atoms with E-state index in [9.17, 15) is 4.79 Å². The quantitative estimate of drug-likeness (QED) is 0.828. The second kappa shape index (κ2) is 6.01. The van der Waals surface area contributed by atoms with Crippen molar-refractivity contribution in [1.29, 1.82) is 0 Å². The molecular formula is C15H22N2O. The molecule has 0 radical (unpaired) electrons. The Balaban J connectivity index is 2.02. The molecule has 0 atom stereocenters. The van der Waals surface area contributed by atoms with Crippen molar-refractivity contribution in [1.82, 2.24) is 5.32 Å². The Kier molecular flexibility index (Phi) is 4.37. The highest BCUT2D eigenvalue weighted by atomic mass is 16.1. The molecule has 1 heterocycles. The molecule has 0 aromatic heterocycles. The summed E-state index contributed by atoms with van der Waals surface area (Å²) in [5, 5.41) is 3.34. The zero-order valence-electron chi connectivity index (χ0n) is 11.3. The summed E-state index contributed by atoms with van der Waals surface area (Å²) in [5.41, 5.74) is 2.06. The van der Waals surface area contributed by atoms with Crippen molar-refractivity contribution in [3.8, 4) is 0 Å². The summed E-state index contributed by atoms with van der Waals surface area (Å²) in [6.07, 6.45) is 0.632. The van der Waals surface area contributed by atoms with Gasteiger partial charge >= 0.3 is 0 Å². The normalized spacial score (nSPS) is 16.1. The van der Waals surface area contributed by atoms with Crippen molar-refractivity contribution in [2.45, 2.75) is 20.3 Å². The van der Waals surface area contributed by atoms with Crippen LogP contribution < -0.4 is 10.2 Å². The molecule has 1 N–H and O–H groups in total. The Bertz CT molecular complexity index is 391. The Hall–Kier alpha value is -1.35. The Morgan fingerprint density at radius 1 is 1.22 bits per heavy atom. The highest BCUT2D eigenvalue weighted by Gasteiger charge is 2.12. The van der Waals surface area contributed by atoms with Gasteiger partial charge in [0.2, 0.25) is 0 Å². The van der Waals surface area contributed by atoms with Gasteiger partial charge in [-0.25, -0.2) is 0 Å². The van der Waals surface area contributed by atoms with E-state index in [-0.39, 0.29) is 5.78 Å². The minimum Gasteiger partial charge on any atom is -0.369 e. The summed E-state index contributed by atoms with van der Waals surface area (Å²) in [6.45, 7) is 8.31. The SMILES string of the molecule is CC(C)CC(=O)c1ccc(N2CCNCC2)cc1. The second-order valence-electron chi connectivity index (χ2n) is 5.31. The summed E-state index contributed by atoms with van der Waals surface area (Å²) >= 11 is 0. The molecule has 0 spiro atoms. The second-order valence-corrected chi connectivity index (χ2v) is 5.31. The number of benzene rings is 1. The van der Waals surface area contributed by atoms with Gasteiger partial charge in [0, 0.05) is 43.9 Å². The van der Waals surface area contributed by atoms with Crippen LogP contribution in [-0.4, -0.2) is 32.0 Å². The molecule has 2 rings (SSSR count). The predicted molar refractivity (Wildman–Crippen MR) is 75.3 cm³/mol. The maximum Gasteiger partial charge on any atom is 0.163 e. The number of ketones is 1. The summed E-state index contributed by atoms with van der Waals surface area (Å²) in [5.74, 6) is 0.669. The zero-order chi connectivity index (χ0) is 13.0. The lowest BCUT2D eigenvalue weighted by Gasteiger charge is -2.29. The Labute approximate surface area is 109 Å². The van der Waals surface area contributed by atoms with E-state index < -0.39 is 0 Å². The third-order valence-electron chi connectivity index (χ3n) is 3.27. The van der Waals surface area contributed by atoms with Crippen LogP contribution in [-0.2, 0) is 0 Å². The summed E-state index contributed by atoms with van der Waals surface area (Å²) < 4.78 is 0. The molecule has 1 aromatic rings. The lowest BCUT2D eigenvalue weighted by molar-refractivity contribution is 0.0968. The molecule has 0 unspecified atom stereocenters. The molecule has 1 aliphatic heterocycles. The van der Waals surface area contributed by atoms with Gasteiger partial charge in [0.25, 0.3) is 0 Å². The topological polar surface area (TPSA) is 32.3 Å². The van der Waals surface area contributed by atoms with Gasteiger partial charge in [0.05, 0.1) is 0 Å². The van der Waals surface area contributed by atoms with Crippen molar-refractivity contribution >= 4 is 11.5 Å². The molecule has 1 aliphatic rings. The molecular weight excluding hydrogens is 224 g/mol. The van der Waals surface area contributed by atoms with E-state index >= 15 is 0 Å². The Morgan fingerprint density at radius 3 is 2.39 bits per heavy atom. The van der Waals surface area contributed by atoms with E-state index in [2.05, 4.69) is 36.2 Å². The number of piperazine rings is 1. The third kappa shape index (κ3) is 3.33. The molecule has 0 amide bonds. The predicted octanol–water partition coefficient (Wildman–Crippen LogP) is 2.33. The van der Waals surface area contributed by atoms with E-state index in [1.807, 2.05) is 12.1 Å². The maximum atomic E-state index is 11.9. The molecule has 3 heteroatoms. The first kappa shape index (κ1) is 13.1. The molecule has 1 aromatic carbocycles. The van der Waals surface area contributed by atoms with Crippen LogP contribution in [0, 0.1) is 5.92 Å². The largest absolute Gasteiger partial charge is 0.369 e. The molecule has 18 heavy (non-hydrogen) atoms. The van der Waals surface area contributed by atoms with E-state index in [0.29, 0.717) is 12.3 Å². The van der Waals surface area contributed by atoms with Crippen LogP contribution in [0.3, 0.4) is 0 Å². The first-order chi connectivity index (χ1) is 8.66. The molecule has 1 fully saturated rings. The number of Topliss-reactive ketones (excluding diaryl/α,β-unsaturated/α-hetero) is 1. The summed E-state index contributed by atoms with van der Waals surface area (Å²) in [7, 11) is 0.